The van der Waals surface area contributed by atoms with Crippen LogP contribution in [0.15, 0.2) is 0 Å². The number of hydrogen-bond donors (Lipinski definition) is 2. The number of ether oxygens (including phenoxy) is 1. The number of methoxy groups -OCH3 is 1. The second kappa shape index (κ2) is 7.00. The minimum atomic E-state index is -0.148. The van der Waals surface area contributed by atoms with Crippen LogP contribution < -0.4 is 5.73 Å². The Hall–Kier alpha value is -1.56. The molecule has 1 amide bonds. The molecule has 0 aliphatic carbocycles. The van der Waals surface area contributed by atoms with Crippen LogP contribution in [-0.4, -0.2) is 47.8 Å². The number of nitrogen functional groups attached to an aromatic ring is 1. The number of aromatic nitrogens is 2. The molecular weight excluding hydrogens is 232 g/mol. The number of rotatable bonds is 7. The van der Waals surface area contributed by atoms with Crippen molar-refractivity contribution in [2.24, 2.45) is 0 Å². The van der Waals surface area contributed by atoms with Crippen molar-refractivity contribution in [2.75, 3.05) is 32.5 Å². The van der Waals surface area contributed by atoms with Gasteiger partial charge in [0, 0.05) is 20.2 Å². The van der Waals surface area contributed by atoms with Crippen molar-refractivity contribution < 1.29 is 9.53 Å². The number of anilines is 1. The molecule has 0 aliphatic rings. The summed E-state index contributed by atoms with van der Waals surface area (Å²) >= 11 is 0. The van der Waals surface area contributed by atoms with E-state index in [9.17, 15) is 4.79 Å². The van der Waals surface area contributed by atoms with Crippen LogP contribution in [0.4, 0.5) is 5.69 Å². The van der Waals surface area contributed by atoms with Crippen molar-refractivity contribution in [2.45, 2.75) is 26.7 Å². The molecule has 102 valence electrons. The van der Waals surface area contributed by atoms with Gasteiger partial charge in [-0.2, -0.15) is 5.10 Å². The van der Waals surface area contributed by atoms with Gasteiger partial charge < -0.3 is 15.4 Å². The first kappa shape index (κ1) is 14.5. The summed E-state index contributed by atoms with van der Waals surface area (Å²) in [5.41, 5.74) is 7.56. The van der Waals surface area contributed by atoms with Crippen molar-refractivity contribution in [1.29, 1.82) is 0 Å². The Labute approximate surface area is 107 Å². The standard InChI is InChI=1S/C12H22N4O2/c1-4-6-9-10(13)11(15-14-9)12(17)16(5-2)7-8-18-3/h4-8,13H2,1-3H3,(H,14,15). The zero-order chi connectivity index (χ0) is 13.5. The number of aromatic amines is 1. The van der Waals surface area contributed by atoms with Gasteiger partial charge >= 0.3 is 0 Å². The van der Waals surface area contributed by atoms with E-state index in [0.29, 0.717) is 31.1 Å². The first-order chi connectivity index (χ1) is 8.65. The average Bonchev–Trinajstić information content (AvgIpc) is 2.72. The molecule has 0 saturated carbocycles. The summed E-state index contributed by atoms with van der Waals surface area (Å²) in [6.45, 7) is 5.63. The van der Waals surface area contributed by atoms with Crippen molar-refractivity contribution >= 4 is 11.6 Å². The van der Waals surface area contributed by atoms with E-state index < -0.39 is 0 Å². The lowest BCUT2D eigenvalue weighted by Crippen LogP contribution is -2.34. The molecule has 1 aromatic rings. The first-order valence-corrected chi connectivity index (χ1v) is 6.26. The predicted octanol–water partition coefficient (Wildman–Crippen LogP) is 1.05. The third kappa shape index (κ3) is 3.22. The van der Waals surface area contributed by atoms with Gasteiger partial charge in [-0.1, -0.05) is 13.3 Å². The highest BCUT2D eigenvalue weighted by Gasteiger charge is 2.21. The van der Waals surface area contributed by atoms with E-state index >= 15 is 0 Å². The minimum absolute atomic E-state index is 0.148. The van der Waals surface area contributed by atoms with Gasteiger partial charge in [0.15, 0.2) is 5.69 Å². The first-order valence-electron chi connectivity index (χ1n) is 6.26. The van der Waals surface area contributed by atoms with E-state index in [4.69, 9.17) is 10.5 Å². The fraction of sp³-hybridized carbons (Fsp3) is 0.667. The number of nitrogens with one attached hydrogen (secondary N) is 1. The maximum absolute atomic E-state index is 12.2. The Kier molecular flexibility index (Phi) is 5.64. The molecule has 0 aliphatic heterocycles. The molecular formula is C12H22N4O2. The van der Waals surface area contributed by atoms with Gasteiger partial charge in [0.2, 0.25) is 0 Å². The lowest BCUT2D eigenvalue weighted by Gasteiger charge is -2.19. The lowest BCUT2D eigenvalue weighted by molar-refractivity contribution is 0.0701. The maximum atomic E-state index is 12.2. The summed E-state index contributed by atoms with van der Waals surface area (Å²) < 4.78 is 4.98. The summed E-state index contributed by atoms with van der Waals surface area (Å²) in [5, 5.41) is 6.87. The quantitative estimate of drug-likeness (QED) is 0.761. The van der Waals surface area contributed by atoms with Crippen LogP contribution in [0.25, 0.3) is 0 Å². The van der Waals surface area contributed by atoms with Crippen LogP contribution in [0.2, 0.25) is 0 Å². The second-order valence-corrected chi connectivity index (χ2v) is 4.09. The molecule has 0 fully saturated rings. The van der Waals surface area contributed by atoms with Gasteiger partial charge in [-0.25, -0.2) is 0 Å². The Bertz CT molecular complexity index is 389. The molecule has 18 heavy (non-hydrogen) atoms. The zero-order valence-corrected chi connectivity index (χ0v) is 11.3. The molecule has 0 spiro atoms. The lowest BCUT2D eigenvalue weighted by atomic mass is 10.2. The Morgan fingerprint density at radius 1 is 1.50 bits per heavy atom. The number of H-pyrrole nitrogens is 1. The van der Waals surface area contributed by atoms with E-state index in [2.05, 4.69) is 17.1 Å². The van der Waals surface area contributed by atoms with Crippen LogP contribution >= 0.6 is 0 Å². The normalized spacial score (nSPS) is 10.6. The van der Waals surface area contributed by atoms with Gasteiger partial charge in [0.25, 0.3) is 5.91 Å². The third-order valence-electron chi connectivity index (χ3n) is 2.82. The summed E-state index contributed by atoms with van der Waals surface area (Å²) in [6.07, 6.45) is 1.76. The van der Waals surface area contributed by atoms with Crippen LogP contribution in [-0.2, 0) is 11.2 Å². The highest BCUT2D eigenvalue weighted by atomic mass is 16.5. The van der Waals surface area contributed by atoms with Crippen molar-refractivity contribution in [1.82, 2.24) is 15.1 Å². The number of aryl methyl sites for hydroxylation is 1. The van der Waals surface area contributed by atoms with Crippen LogP contribution in [0.3, 0.4) is 0 Å². The molecule has 0 saturated heterocycles. The third-order valence-corrected chi connectivity index (χ3v) is 2.82. The number of carbonyl (C=O) groups excluding carboxylic acids is 1. The van der Waals surface area contributed by atoms with Crippen molar-refractivity contribution in [3.63, 3.8) is 0 Å². The van der Waals surface area contributed by atoms with E-state index in [-0.39, 0.29) is 5.91 Å². The highest BCUT2D eigenvalue weighted by Crippen LogP contribution is 2.17. The molecule has 3 N–H and O–H groups in total. The topological polar surface area (TPSA) is 84.2 Å². The number of carbonyl (C=O) groups is 1. The van der Waals surface area contributed by atoms with Gasteiger partial charge in [0.05, 0.1) is 18.0 Å². The Balaban J connectivity index is 2.81. The van der Waals surface area contributed by atoms with E-state index in [1.807, 2.05) is 6.92 Å². The van der Waals surface area contributed by atoms with Gasteiger partial charge in [-0.15, -0.1) is 0 Å². The fourth-order valence-electron chi connectivity index (χ4n) is 1.74. The number of likely N-dealkylation sites (N-methyl/N-ethyl adjacent to an activating group) is 1. The molecule has 1 rings (SSSR count). The maximum Gasteiger partial charge on any atom is 0.276 e. The molecule has 0 aromatic carbocycles. The molecule has 0 atom stereocenters. The predicted molar refractivity (Wildman–Crippen MR) is 70.4 cm³/mol. The molecule has 6 heteroatoms. The summed E-state index contributed by atoms with van der Waals surface area (Å²) in [7, 11) is 1.61. The van der Waals surface area contributed by atoms with Gasteiger partial charge in [-0.05, 0) is 13.3 Å². The van der Waals surface area contributed by atoms with E-state index in [1.54, 1.807) is 12.0 Å². The molecule has 0 radical (unpaired) electrons. The monoisotopic (exact) mass is 254 g/mol. The number of amides is 1. The van der Waals surface area contributed by atoms with Crippen molar-refractivity contribution in [3.05, 3.63) is 11.4 Å². The molecule has 6 nitrogen and oxygen atoms in total. The largest absolute Gasteiger partial charge is 0.395 e. The number of hydrogen-bond acceptors (Lipinski definition) is 4. The Morgan fingerprint density at radius 2 is 2.22 bits per heavy atom. The molecule has 0 unspecified atom stereocenters. The van der Waals surface area contributed by atoms with Crippen LogP contribution in [0.1, 0.15) is 36.5 Å². The highest BCUT2D eigenvalue weighted by molar-refractivity contribution is 5.97. The molecule has 1 heterocycles. The average molecular weight is 254 g/mol. The second-order valence-electron chi connectivity index (χ2n) is 4.09. The smallest absolute Gasteiger partial charge is 0.276 e. The van der Waals surface area contributed by atoms with Gasteiger partial charge in [-0.3, -0.25) is 9.89 Å². The zero-order valence-electron chi connectivity index (χ0n) is 11.3. The summed E-state index contributed by atoms with van der Waals surface area (Å²) in [4.78, 5) is 13.9. The Morgan fingerprint density at radius 3 is 2.78 bits per heavy atom. The number of nitrogens with two attached hydrogens (primary N) is 1. The summed E-state index contributed by atoms with van der Waals surface area (Å²) in [5.74, 6) is -0.148. The van der Waals surface area contributed by atoms with Crippen LogP contribution in [0, 0.1) is 0 Å². The van der Waals surface area contributed by atoms with Gasteiger partial charge in [0.1, 0.15) is 0 Å². The summed E-state index contributed by atoms with van der Waals surface area (Å²) in [6, 6.07) is 0. The molecule has 0 bridgehead atoms. The van der Waals surface area contributed by atoms with Crippen LogP contribution in [0.5, 0.6) is 0 Å². The number of nitrogens with zero attached hydrogens (tertiary/aromatic N) is 2. The van der Waals surface area contributed by atoms with Crippen molar-refractivity contribution in [3.8, 4) is 0 Å². The fourth-order valence-corrected chi connectivity index (χ4v) is 1.74. The van der Waals surface area contributed by atoms with E-state index in [0.717, 1.165) is 18.5 Å². The SMILES string of the molecule is CCCc1[nH]nc(C(=O)N(CC)CCOC)c1N. The molecule has 1 aromatic heterocycles. The minimum Gasteiger partial charge on any atom is -0.395 e. The van der Waals surface area contributed by atoms with E-state index in [1.165, 1.54) is 0 Å².